The van der Waals surface area contributed by atoms with Crippen molar-refractivity contribution in [2.75, 3.05) is 30.9 Å². The highest BCUT2D eigenvalue weighted by atomic mass is 19.1. The van der Waals surface area contributed by atoms with Crippen LogP contribution in [0.4, 0.5) is 20.3 Å². The molecule has 0 radical (unpaired) electrons. The van der Waals surface area contributed by atoms with Crippen LogP contribution in [0.25, 0.3) is 27.5 Å². The molecule has 0 saturated heterocycles. The number of hydrogen-bond donors (Lipinski definition) is 2. The Morgan fingerprint density at radius 2 is 2.19 bits per heavy atom. The highest BCUT2D eigenvalue weighted by Gasteiger charge is 2.43. The average molecular weight is 440 g/mol. The first-order valence-corrected chi connectivity index (χ1v) is 10.3. The molecule has 0 bridgehead atoms. The van der Waals surface area contributed by atoms with E-state index in [1.54, 1.807) is 55.0 Å². The van der Waals surface area contributed by atoms with Crippen LogP contribution in [0.3, 0.4) is 0 Å². The number of benzene rings is 1. The number of amides is 1. The lowest BCUT2D eigenvalue weighted by Gasteiger charge is -2.20. The van der Waals surface area contributed by atoms with Crippen LogP contribution in [0.1, 0.15) is 13.3 Å². The zero-order valence-corrected chi connectivity index (χ0v) is 17.8. The van der Waals surface area contributed by atoms with Crippen molar-refractivity contribution in [1.29, 1.82) is 0 Å². The summed E-state index contributed by atoms with van der Waals surface area (Å²) in [5.74, 6) is -0.975. The minimum Gasteiger partial charge on any atom is -0.490 e. The Morgan fingerprint density at radius 3 is 2.88 bits per heavy atom. The van der Waals surface area contributed by atoms with E-state index in [1.807, 2.05) is 6.07 Å². The van der Waals surface area contributed by atoms with Gasteiger partial charge in [-0.2, -0.15) is 10.2 Å². The average Bonchev–Trinajstić information content (AvgIpc) is 3.11. The zero-order valence-electron chi connectivity index (χ0n) is 17.8. The highest BCUT2D eigenvalue weighted by molar-refractivity contribution is 6.05. The van der Waals surface area contributed by atoms with E-state index >= 15 is 4.39 Å². The number of pyridine rings is 1. The Labute approximate surface area is 182 Å². The maximum Gasteiger partial charge on any atom is 0.231 e. The summed E-state index contributed by atoms with van der Waals surface area (Å²) in [6.45, 7) is 2.09. The molecule has 4 aromatic rings. The molecule has 2 N–H and O–H groups in total. The zero-order chi connectivity index (χ0) is 22.6. The number of rotatable bonds is 6. The second-order valence-electron chi connectivity index (χ2n) is 8.01. The van der Waals surface area contributed by atoms with Crippen molar-refractivity contribution in [3.8, 4) is 16.9 Å². The van der Waals surface area contributed by atoms with E-state index in [1.165, 1.54) is 0 Å². The van der Waals surface area contributed by atoms with Gasteiger partial charge in [0.1, 0.15) is 11.9 Å². The largest absolute Gasteiger partial charge is 0.490 e. The molecule has 8 nitrogen and oxygen atoms in total. The molecule has 0 unspecified atom stereocenters. The van der Waals surface area contributed by atoms with Gasteiger partial charge < -0.3 is 15.0 Å². The number of carbonyl (C=O) groups is 1. The summed E-state index contributed by atoms with van der Waals surface area (Å²) < 4.78 is 36.0. The van der Waals surface area contributed by atoms with Crippen LogP contribution in [0.15, 0.2) is 30.6 Å². The molecule has 0 aliphatic heterocycles. The van der Waals surface area contributed by atoms with Crippen molar-refractivity contribution in [3.05, 3.63) is 36.4 Å². The summed E-state index contributed by atoms with van der Waals surface area (Å²) >= 11 is 0. The molecule has 3 heterocycles. The summed E-state index contributed by atoms with van der Waals surface area (Å²) in [4.78, 5) is 13.7. The predicted octanol–water partition coefficient (Wildman–Crippen LogP) is 3.78. The fraction of sp³-hybridized carbons (Fsp3) is 0.318. The van der Waals surface area contributed by atoms with Gasteiger partial charge in [0, 0.05) is 37.3 Å². The molecule has 1 saturated carbocycles. The second-order valence-corrected chi connectivity index (χ2v) is 8.01. The third-order valence-electron chi connectivity index (χ3n) is 5.57. The molecule has 32 heavy (non-hydrogen) atoms. The third-order valence-corrected chi connectivity index (χ3v) is 5.57. The molecule has 0 spiro atoms. The quantitative estimate of drug-likeness (QED) is 0.477. The van der Waals surface area contributed by atoms with Gasteiger partial charge in [0.2, 0.25) is 5.91 Å². The summed E-state index contributed by atoms with van der Waals surface area (Å²) in [5, 5.41) is 14.7. The van der Waals surface area contributed by atoms with E-state index in [0.717, 1.165) is 5.39 Å². The minimum absolute atomic E-state index is 0.144. The van der Waals surface area contributed by atoms with Crippen LogP contribution in [0.2, 0.25) is 0 Å². The topological polar surface area (TPSA) is 87.6 Å². The summed E-state index contributed by atoms with van der Waals surface area (Å²) in [7, 11) is 3.52. The van der Waals surface area contributed by atoms with Crippen LogP contribution in [-0.4, -0.2) is 52.6 Å². The number of alkyl halides is 1. The number of ether oxygens (including phenoxy) is 1. The van der Waals surface area contributed by atoms with Crippen molar-refractivity contribution in [2.24, 2.45) is 5.92 Å². The number of halogens is 2. The van der Waals surface area contributed by atoms with E-state index < -0.39 is 17.9 Å². The molecule has 166 valence electrons. The van der Waals surface area contributed by atoms with Gasteiger partial charge in [-0.05, 0) is 31.0 Å². The molecule has 1 aliphatic carbocycles. The number of nitrogens with zero attached hydrogens (tertiary/aromatic N) is 4. The highest BCUT2D eigenvalue weighted by Crippen LogP contribution is 2.44. The van der Waals surface area contributed by atoms with Crippen LogP contribution in [-0.2, 0) is 4.79 Å². The Kier molecular flexibility index (Phi) is 4.72. The minimum atomic E-state index is -1.08. The smallest absolute Gasteiger partial charge is 0.231 e. The molecule has 5 rings (SSSR count). The van der Waals surface area contributed by atoms with Crippen LogP contribution in [0, 0.1) is 11.7 Å². The molecule has 1 amide bonds. The maximum absolute atomic E-state index is 15.5. The second kappa shape index (κ2) is 7.47. The van der Waals surface area contributed by atoms with Gasteiger partial charge in [-0.1, -0.05) is 0 Å². The Balaban J connectivity index is 1.62. The number of anilines is 2. The molecule has 2 atom stereocenters. The SMILES string of the molecule is CCOc1c(F)c(N(C)C)c2[nH]ncc2c1-c1ccn2nc(NC(=O)[C@@H]3C[C@@H]3F)cc2c1. The maximum atomic E-state index is 15.5. The molecular weight excluding hydrogens is 418 g/mol. The lowest BCUT2D eigenvalue weighted by molar-refractivity contribution is -0.117. The van der Waals surface area contributed by atoms with Crippen molar-refractivity contribution < 1.29 is 18.3 Å². The number of nitrogens with one attached hydrogen (secondary N) is 2. The number of fused-ring (bicyclic) bond motifs is 2. The van der Waals surface area contributed by atoms with Crippen LogP contribution >= 0.6 is 0 Å². The van der Waals surface area contributed by atoms with E-state index in [0.29, 0.717) is 40.3 Å². The summed E-state index contributed by atoms with van der Waals surface area (Å²) in [5.41, 5.74) is 2.90. The van der Waals surface area contributed by atoms with Gasteiger partial charge in [0.05, 0.1) is 29.8 Å². The Bertz CT molecular complexity index is 1350. The first-order valence-electron chi connectivity index (χ1n) is 10.3. The number of carbonyl (C=O) groups excluding carboxylic acids is 1. The third kappa shape index (κ3) is 3.22. The first kappa shape index (κ1) is 20.2. The number of aromatic amines is 1. The number of H-pyrrole nitrogens is 1. The van der Waals surface area contributed by atoms with Gasteiger partial charge >= 0.3 is 0 Å². The van der Waals surface area contributed by atoms with Crippen molar-refractivity contribution in [3.63, 3.8) is 0 Å². The molecule has 1 fully saturated rings. The van der Waals surface area contributed by atoms with Crippen LogP contribution in [0.5, 0.6) is 5.75 Å². The lowest BCUT2D eigenvalue weighted by Crippen LogP contribution is -2.15. The van der Waals surface area contributed by atoms with Crippen molar-refractivity contribution in [2.45, 2.75) is 19.5 Å². The van der Waals surface area contributed by atoms with Gasteiger partial charge in [-0.15, -0.1) is 0 Å². The predicted molar refractivity (Wildman–Crippen MR) is 117 cm³/mol. The van der Waals surface area contributed by atoms with E-state index in [2.05, 4.69) is 20.6 Å². The lowest BCUT2D eigenvalue weighted by atomic mass is 9.99. The number of aromatic nitrogens is 4. The molecular formula is C22H22F2N6O2. The molecule has 3 aromatic heterocycles. The fourth-order valence-electron chi connectivity index (χ4n) is 3.96. The van der Waals surface area contributed by atoms with E-state index in [-0.39, 0.29) is 18.1 Å². The van der Waals surface area contributed by atoms with Gasteiger partial charge in [0.25, 0.3) is 0 Å². The van der Waals surface area contributed by atoms with Gasteiger partial charge in [-0.3, -0.25) is 9.89 Å². The molecule has 1 aromatic carbocycles. The molecule has 1 aliphatic rings. The fourth-order valence-corrected chi connectivity index (χ4v) is 3.96. The monoisotopic (exact) mass is 440 g/mol. The molecule has 10 heteroatoms. The van der Waals surface area contributed by atoms with Crippen LogP contribution < -0.4 is 15.0 Å². The van der Waals surface area contributed by atoms with E-state index in [9.17, 15) is 9.18 Å². The number of hydrogen-bond acceptors (Lipinski definition) is 5. The normalized spacial score (nSPS) is 17.7. The Morgan fingerprint density at radius 1 is 1.41 bits per heavy atom. The van der Waals surface area contributed by atoms with Crippen molar-refractivity contribution in [1.82, 2.24) is 19.8 Å². The summed E-state index contributed by atoms with van der Waals surface area (Å²) in [6.07, 6.45) is 2.54. The standard InChI is InChI=1S/C22H22F2N6O2/c1-4-32-21-17(14-10-25-27-19(14)20(18(21)24)29(2)3)11-5-6-30-12(7-11)8-16(28-30)26-22(31)13-9-15(13)23/h5-8,10,13,15H,4,9H2,1-3H3,(H,25,27)(H,26,28,31)/t13-,15+/m1/s1. The van der Waals surface area contributed by atoms with Gasteiger partial charge in [-0.25, -0.2) is 13.3 Å². The van der Waals surface area contributed by atoms with E-state index in [4.69, 9.17) is 4.74 Å². The Hall–Kier alpha value is -3.69. The van der Waals surface area contributed by atoms with Crippen molar-refractivity contribution >= 4 is 33.8 Å². The first-order chi connectivity index (χ1) is 15.4. The summed E-state index contributed by atoms with van der Waals surface area (Å²) in [6, 6.07) is 5.31. The van der Waals surface area contributed by atoms with Gasteiger partial charge in [0.15, 0.2) is 17.4 Å².